The molecule has 1 aromatic heterocycles. The highest BCUT2D eigenvalue weighted by atomic mass is 32.1. The molecule has 0 bridgehead atoms. The lowest BCUT2D eigenvalue weighted by atomic mass is 10.3. The molecule has 0 saturated heterocycles. The number of hydrogen-bond acceptors (Lipinski definition) is 4. The normalized spacial score (nSPS) is 13.0. The molecule has 0 amide bonds. The molecule has 1 aromatic rings. The van der Waals surface area contributed by atoms with Gasteiger partial charge in [0.15, 0.2) is 5.82 Å². The molecular weight excluding hydrogens is 146 g/mol. The Balaban J connectivity index is 2.40. The van der Waals surface area contributed by atoms with Crippen molar-refractivity contribution in [3.05, 3.63) is 5.38 Å². The number of hydrogen-bond donors (Lipinski definition) is 1. The quantitative estimate of drug-likeness (QED) is 0.726. The Morgan fingerprint density at radius 1 is 1.80 bits per heavy atom. The van der Waals surface area contributed by atoms with Crippen LogP contribution in [-0.4, -0.2) is 15.6 Å². The van der Waals surface area contributed by atoms with Crippen LogP contribution in [0.25, 0.3) is 0 Å². The van der Waals surface area contributed by atoms with Gasteiger partial charge < -0.3 is 5.32 Å². The summed E-state index contributed by atoms with van der Waals surface area (Å²) < 4.78 is 3.74. The minimum Gasteiger partial charge on any atom is -0.365 e. The molecule has 4 heteroatoms. The van der Waals surface area contributed by atoms with E-state index in [0.29, 0.717) is 6.04 Å². The van der Waals surface area contributed by atoms with Crippen LogP contribution in [0, 0.1) is 0 Å². The second-order valence-corrected chi connectivity index (χ2v) is 2.85. The highest BCUT2D eigenvalue weighted by Crippen LogP contribution is 2.06. The van der Waals surface area contributed by atoms with E-state index in [2.05, 4.69) is 28.8 Å². The van der Waals surface area contributed by atoms with E-state index in [4.69, 9.17) is 0 Å². The number of aromatic nitrogens is 2. The summed E-state index contributed by atoms with van der Waals surface area (Å²) in [6.45, 7) is 4.26. The Morgan fingerprint density at radius 2 is 2.60 bits per heavy atom. The first kappa shape index (κ1) is 7.47. The van der Waals surface area contributed by atoms with Gasteiger partial charge in [-0.25, -0.2) is 0 Å². The third-order valence-corrected chi connectivity index (χ3v) is 1.87. The van der Waals surface area contributed by atoms with Crippen LogP contribution in [0.5, 0.6) is 0 Å². The predicted molar refractivity (Wildman–Crippen MR) is 43.3 cm³/mol. The second kappa shape index (κ2) is 3.51. The van der Waals surface area contributed by atoms with E-state index < -0.39 is 0 Å². The van der Waals surface area contributed by atoms with Crippen molar-refractivity contribution >= 4 is 17.4 Å². The van der Waals surface area contributed by atoms with Crippen molar-refractivity contribution in [1.29, 1.82) is 0 Å². The minimum absolute atomic E-state index is 0.490. The van der Waals surface area contributed by atoms with E-state index in [0.717, 1.165) is 12.2 Å². The van der Waals surface area contributed by atoms with Crippen LogP contribution in [0.1, 0.15) is 20.3 Å². The maximum Gasteiger partial charge on any atom is 0.161 e. The zero-order chi connectivity index (χ0) is 7.40. The predicted octanol–water partition coefficient (Wildman–Crippen LogP) is 1.75. The Morgan fingerprint density at radius 3 is 3.10 bits per heavy atom. The fraction of sp³-hybridized carbons (Fsp3) is 0.667. The van der Waals surface area contributed by atoms with Gasteiger partial charge >= 0.3 is 0 Å². The van der Waals surface area contributed by atoms with Crippen LogP contribution in [0.4, 0.5) is 5.82 Å². The summed E-state index contributed by atoms with van der Waals surface area (Å²) in [6.07, 6.45) is 1.11. The molecule has 0 aromatic carbocycles. The van der Waals surface area contributed by atoms with E-state index in [9.17, 15) is 0 Å². The van der Waals surface area contributed by atoms with Crippen LogP contribution in [0.15, 0.2) is 5.38 Å². The average Bonchev–Trinajstić information content (AvgIpc) is 2.40. The zero-order valence-corrected chi connectivity index (χ0v) is 6.98. The third-order valence-electron chi connectivity index (χ3n) is 1.37. The molecule has 0 saturated carbocycles. The van der Waals surface area contributed by atoms with Gasteiger partial charge in [0.2, 0.25) is 0 Å². The first-order valence-corrected chi connectivity index (χ1v) is 4.20. The summed E-state index contributed by atoms with van der Waals surface area (Å²) in [5, 5.41) is 8.98. The van der Waals surface area contributed by atoms with Gasteiger partial charge in [0.05, 0.1) is 5.38 Å². The zero-order valence-electron chi connectivity index (χ0n) is 6.16. The van der Waals surface area contributed by atoms with Crippen molar-refractivity contribution in [3.8, 4) is 0 Å². The Bertz CT molecular complexity index is 173. The third kappa shape index (κ3) is 1.95. The largest absolute Gasteiger partial charge is 0.365 e. The first-order valence-electron chi connectivity index (χ1n) is 3.36. The standard InChI is InChI=1S/C6H11N3S/c1-3-5(2)7-6-4-10-9-8-6/h4-5,7H,3H2,1-2H3. The summed E-state index contributed by atoms with van der Waals surface area (Å²) >= 11 is 1.37. The van der Waals surface area contributed by atoms with Gasteiger partial charge in [-0.2, -0.15) is 0 Å². The van der Waals surface area contributed by atoms with E-state index in [1.54, 1.807) is 0 Å². The van der Waals surface area contributed by atoms with Crippen molar-refractivity contribution in [2.75, 3.05) is 5.32 Å². The monoisotopic (exact) mass is 157 g/mol. The lowest BCUT2D eigenvalue weighted by molar-refractivity contribution is 0.758. The van der Waals surface area contributed by atoms with Crippen LogP contribution in [0.3, 0.4) is 0 Å². The van der Waals surface area contributed by atoms with Crippen LogP contribution >= 0.6 is 11.5 Å². The van der Waals surface area contributed by atoms with Gasteiger partial charge in [-0.15, -0.1) is 5.10 Å². The molecule has 0 aliphatic rings. The number of nitrogens with zero attached hydrogens (tertiary/aromatic N) is 2. The lowest BCUT2D eigenvalue weighted by Crippen LogP contribution is -2.13. The molecule has 1 heterocycles. The molecule has 0 aliphatic heterocycles. The van der Waals surface area contributed by atoms with E-state index in [-0.39, 0.29) is 0 Å². The molecule has 1 unspecified atom stereocenters. The smallest absolute Gasteiger partial charge is 0.161 e. The maximum absolute atomic E-state index is 3.86. The fourth-order valence-corrected chi connectivity index (χ4v) is 0.979. The molecule has 0 spiro atoms. The van der Waals surface area contributed by atoms with Crippen LogP contribution < -0.4 is 5.32 Å². The first-order chi connectivity index (χ1) is 4.83. The Kier molecular flexibility index (Phi) is 2.62. The summed E-state index contributed by atoms with van der Waals surface area (Å²) in [7, 11) is 0. The summed E-state index contributed by atoms with van der Waals surface area (Å²) in [5.41, 5.74) is 0. The Labute approximate surface area is 64.6 Å². The van der Waals surface area contributed by atoms with Crippen molar-refractivity contribution in [2.45, 2.75) is 26.3 Å². The van der Waals surface area contributed by atoms with Gasteiger partial charge in [-0.3, -0.25) is 0 Å². The highest BCUT2D eigenvalue weighted by molar-refractivity contribution is 7.03. The Hall–Kier alpha value is -0.640. The van der Waals surface area contributed by atoms with Crippen LogP contribution in [0.2, 0.25) is 0 Å². The van der Waals surface area contributed by atoms with Gasteiger partial charge in [0.1, 0.15) is 0 Å². The van der Waals surface area contributed by atoms with Crippen LogP contribution in [-0.2, 0) is 0 Å². The molecule has 1 atom stereocenters. The molecular formula is C6H11N3S. The van der Waals surface area contributed by atoms with Gasteiger partial charge in [0.25, 0.3) is 0 Å². The van der Waals surface area contributed by atoms with E-state index in [1.807, 2.05) is 5.38 Å². The number of rotatable bonds is 3. The topological polar surface area (TPSA) is 37.8 Å². The molecule has 0 aliphatic carbocycles. The number of nitrogens with one attached hydrogen (secondary N) is 1. The summed E-state index contributed by atoms with van der Waals surface area (Å²) in [6, 6.07) is 0.490. The molecule has 1 N–H and O–H groups in total. The fourth-order valence-electron chi connectivity index (χ4n) is 0.582. The minimum atomic E-state index is 0.490. The second-order valence-electron chi connectivity index (χ2n) is 2.24. The van der Waals surface area contributed by atoms with Crippen molar-refractivity contribution in [1.82, 2.24) is 9.59 Å². The molecule has 0 radical (unpaired) electrons. The maximum atomic E-state index is 3.86. The molecule has 56 valence electrons. The summed E-state index contributed by atoms with van der Waals surface area (Å²) in [4.78, 5) is 0. The molecule has 10 heavy (non-hydrogen) atoms. The van der Waals surface area contributed by atoms with E-state index in [1.165, 1.54) is 11.5 Å². The highest BCUT2D eigenvalue weighted by Gasteiger charge is 1.99. The van der Waals surface area contributed by atoms with Crippen molar-refractivity contribution in [3.63, 3.8) is 0 Å². The lowest BCUT2D eigenvalue weighted by Gasteiger charge is -2.07. The van der Waals surface area contributed by atoms with Crippen molar-refractivity contribution in [2.24, 2.45) is 0 Å². The van der Waals surface area contributed by atoms with Crippen molar-refractivity contribution < 1.29 is 0 Å². The average molecular weight is 157 g/mol. The van der Waals surface area contributed by atoms with Gasteiger partial charge in [-0.05, 0) is 24.9 Å². The molecule has 0 fully saturated rings. The molecule has 1 rings (SSSR count). The van der Waals surface area contributed by atoms with Gasteiger partial charge in [-0.1, -0.05) is 11.4 Å². The number of anilines is 1. The van der Waals surface area contributed by atoms with E-state index >= 15 is 0 Å². The van der Waals surface area contributed by atoms with Gasteiger partial charge in [0, 0.05) is 6.04 Å². The molecule has 3 nitrogen and oxygen atoms in total. The SMILES string of the molecule is CCC(C)Nc1csnn1. The summed E-state index contributed by atoms with van der Waals surface area (Å²) in [5.74, 6) is 0.888.